The van der Waals surface area contributed by atoms with Gasteiger partial charge in [0.25, 0.3) is 0 Å². The van der Waals surface area contributed by atoms with Crippen LogP contribution in [0.25, 0.3) is 0 Å². The van der Waals surface area contributed by atoms with Crippen molar-refractivity contribution in [1.29, 1.82) is 0 Å². The lowest BCUT2D eigenvalue weighted by molar-refractivity contribution is -0.137. The highest BCUT2D eigenvalue weighted by molar-refractivity contribution is 6.13. The number of halogens is 3. The van der Waals surface area contributed by atoms with E-state index in [4.69, 9.17) is 10.5 Å². The van der Waals surface area contributed by atoms with Gasteiger partial charge in [-0.3, -0.25) is 5.01 Å². The van der Waals surface area contributed by atoms with Gasteiger partial charge < -0.3 is 15.4 Å². The number of rotatable bonds is 1. The summed E-state index contributed by atoms with van der Waals surface area (Å²) in [5.74, 6) is 0.160. The molecule has 26 heavy (non-hydrogen) atoms. The van der Waals surface area contributed by atoms with E-state index in [2.05, 4.69) is 21.7 Å². The van der Waals surface area contributed by atoms with Gasteiger partial charge in [0, 0.05) is 19.8 Å². The first kappa shape index (κ1) is 18.2. The lowest BCUT2D eigenvalue weighted by Gasteiger charge is -2.38. The number of nitrogens with zero attached hydrogens (tertiary/aromatic N) is 5. The third-order valence-corrected chi connectivity index (χ3v) is 4.22. The van der Waals surface area contributed by atoms with E-state index >= 15 is 0 Å². The number of hydrogen-bond donors (Lipinski definition) is 1. The quantitative estimate of drug-likeness (QED) is 0.819. The Balaban J connectivity index is 2.08. The van der Waals surface area contributed by atoms with Crippen molar-refractivity contribution in [3.8, 4) is 0 Å². The van der Waals surface area contributed by atoms with Crippen molar-refractivity contribution in [1.82, 2.24) is 14.9 Å². The monoisotopic (exact) mass is 368 g/mol. The normalized spacial score (nSPS) is 21.6. The number of hydrazone groups is 1. The summed E-state index contributed by atoms with van der Waals surface area (Å²) < 4.78 is 45.7. The lowest BCUT2D eigenvalue weighted by atomic mass is 10.1. The van der Waals surface area contributed by atoms with Gasteiger partial charge in [-0.15, -0.1) is 0 Å². The van der Waals surface area contributed by atoms with Crippen LogP contribution in [0.2, 0.25) is 0 Å². The van der Waals surface area contributed by atoms with Crippen molar-refractivity contribution in [3.05, 3.63) is 35.7 Å². The largest absolute Gasteiger partial charge is 0.417 e. The zero-order chi connectivity index (χ0) is 19.1. The van der Waals surface area contributed by atoms with E-state index in [-0.39, 0.29) is 23.3 Å². The van der Waals surface area contributed by atoms with Crippen LogP contribution >= 0.6 is 0 Å². The number of likely N-dealkylation sites (N-methyl/N-ethyl adjacent to an activating group) is 1. The minimum Gasteiger partial charge on any atom is -0.384 e. The number of hydrogen-bond acceptors (Lipinski definition) is 7. The Morgan fingerprint density at radius 3 is 2.77 bits per heavy atom. The predicted octanol–water partition coefficient (Wildman–Crippen LogP) is 1.92. The van der Waals surface area contributed by atoms with Crippen LogP contribution in [0.3, 0.4) is 0 Å². The second-order valence-corrected chi connectivity index (χ2v) is 6.10. The molecule has 0 saturated carbocycles. The Bertz CT molecular complexity index is 789. The molecule has 3 rings (SSSR count). The molecule has 2 N–H and O–H groups in total. The maximum absolute atomic E-state index is 13.4. The maximum atomic E-state index is 13.4. The Kier molecular flexibility index (Phi) is 4.61. The van der Waals surface area contributed by atoms with Crippen molar-refractivity contribution in [2.45, 2.75) is 19.1 Å². The summed E-state index contributed by atoms with van der Waals surface area (Å²) >= 11 is 0. The number of ether oxygens (including phenoxy) is 1. The minimum absolute atomic E-state index is 0.0126. The summed E-state index contributed by atoms with van der Waals surface area (Å²) in [6.45, 7) is 7.46. The zero-order valence-electron chi connectivity index (χ0n) is 14.4. The van der Waals surface area contributed by atoms with E-state index in [9.17, 15) is 13.2 Å². The van der Waals surface area contributed by atoms with Gasteiger partial charge in [0.1, 0.15) is 5.82 Å². The summed E-state index contributed by atoms with van der Waals surface area (Å²) in [6.07, 6.45) is -3.56. The third-order valence-electron chi connectivity index (χ3n) is 4.22. The molecule has 1 saturated heterocycles. The summed E-state index contributed by atoms with van der Waals surface area (Å²) in [4.78, 5) is 10.1. The standard InChI is InChI=1S/C16H19F3N6O/c1-9-8-26-5-4-25(9)15-10(2)24(3)23-14(22-15)11-7-21-13(20)6-12(11)16(17,18)19/h6-7,9H,2,4-5,8H2,1,3H3,(H2,20,21). The number of amidine groups is 2. The Morgan fingerprint density at radius 2 is 2.12 bits per heavy atom. The predicted molar refractivity (Wildman–Crippen MR) is 91.5 cm³/mol. The Morgan fingerprint density at radius 1 is 1.38 bits per heavy atom. The molecule has 0 amide bonds. The molecule has 10 heteroatoms. The lowest BCUT2D eigenvalue weighted by Crippen LogP contribution is -2.50. The van der Waals surface area contributed by atoms with Gasteiger partial charge in [0.2, 0.25) is 0 Å². The fraction of sp³-hybridized carbons (Fsp3) is 0.438. The molecular weight excluding hydrogens is 349 g/mol. The summed E-state index contributed by atoms with van der Waals surface area (Å²) in [5, 5.41) is 5.54. The molecule has 1 aromatic rings. The number of alkyl halides is 3. The molecule has 1 aromatic heterocycles. The first-order chi connectivity index (χ1) is 12.2. The highest BCUT2D eigenvalue weighted by Gasteiger charge is 2.37. The van der Waals surface area contributed by atoms with Gasteiger partial charge in [-0.2, -0.15) is 18.3 Å². The summed E-state index contributed by atoms with van der Waals surface area (Å²) in [5.41, 5.74) is 4.77. The van der Waals surface area contributed by atoms with Crippen LogP contribution in [0.15, 0.2) is 34.6 Å². The van der Waals surface area contributed by atoms with Gasteiger partial charge in [-0.1, -0.05) is 6.58 Å². The smallest absolute Gasteiger partial charge is 0.384 e. The van der Waals surface area contributed by atoms with Crippen LogP contribution in [-0.2, 0) is 10.9 Å². The highest BCUT2D eigenvalue weighted by Crippen LogP contribution is 2.34. The van der Waals surface area contributed by atoms with Gasteiger partial charge in [0.15, 0.2) is 11.7 Å². The van der Waals surface area contributed by atoms with Crippen LogP contribution in [-0.4, -0.2) is 59.4 Å². The fourth-order valence-corrected chi connectivity index (χ4v) is 2.80. The molecular formula is C16H19F3N6O. The van der Waals surface area contributed by atoms with Crippen LogP contribution < -0.4 is 5.73 Å². The maximum Gasteiger partial charge on any atom is 0.417 e. The average Bonchev–Trinajstić information content (AvgIpc) is 2.57. The average molecular weight is 368 g/mol. The van der Waals surface area contributed by atoms with Crippen LogP contribution in [0, 0.1) is 0 Å². The molecule has 1 atom stereocenters. The van der Waals surface area contributed by atoms with E-state index < -0.39 is 11.7 Å². The molecule has 0 radical (unpaired) electrons. The highest BCUT2D eigenvalue weighted by atomic mass is 19.4. The summed E-state index contributed by atoms with van der Waals surface area (Å²) in [7, 11) is 1.61. The van der Waals surface area contributed by atoms with E-state index in [0.29, 0.717) is 31.3 Å². The van der Waals surface area contributed by atoms with Crippen LogP contribution in [0.4, 0.5) is 19.0 Å². The van der Waals surface area contributed by atoms with Crippen molar-refractivity contribution in [2.24, 2.45) is 10.1 Å². The number of morpholine rings is 1. The van der Waals surface area contributed by atoms with Gasteiger partial charge in [-0.25, -0.2) is 9.98 Å². The van der Waals surface area contributed by atoms with E-state index in [1.807, 2.05) is 11.8 Å². The third kappa shape index (κ3) is 3.36. The molecule has 0 bridgehead atoms. The van der Waals surface area contributed by atoms with E-state index in [0.717, 1.165) is 12.3 Å². The van der Waals surface area contributed by atoms with Crippen LogP contribution in [0.5, 0.6) is 0 Å². The number of nitrogen functional groups attached to an aromatic ring is 1. The minimum atomic E-state index is -4.61. The van der Waals surface area contributed by atoms with Gasteiger partial charge in [0.05, 0.1) is 36.1 Å². The van der Waals surface area contributed by atoms with E-state index in [1.165, 1.54) is 5.01 Å². The second-order valence-electron chi connectivity index (χ2n) is 6.10. The van der Waals surface area contributed by atoms with Crippen molar-refractivity contribution < 1.29 is 17.9 Å². The number of aliphatic imine (C=N–C) groups is 1. The molecule has 0 aliphatic carbocycles. The SMILES string of the molecule is C=C1C(N2CCOCC2C)=NC(c2cnc(N)cc2C(F)(F)F)=NN1C. The van der Waals surface area contributed by atoms with Crippen molar-refractivity contribution in [2.75, 3.05) is 32.5 Å². The molecule has 1 unspecified atom stereocenters. The molecule has 0 aromatic carbocycles. The molecule has 140 valence electrons. The fourth-order valence-electron chi connectivity index (χ4n) is 2.80. The number of anilines is 1. The second kappa shape index (κ2) is 6.60. The topological polar surface area (TPSA) is 79.3 Å². The molecule has 2 aliphatic rings. The van der Waals surface area contributed by atoms with E-state index in [1.54, 1.807) is 7.05 Å². The molecule has 1 fully saturated rings. The first-order valence-corrected chi connectivity index (χ1v) is 7.96. The number of nitrogens with two attached hydrogens (primary N) is 1. The van der Waals surface area contributed by atoms with Gasteiger partial charge >= 0.3 is 6.18 Å². The Labute approximate surface area is 148 Å². The number of aromatic nitrogens is 1. The van der Waals surface area contributed by atoms with Gasteiger partial charge in [-0.05, 0) is 13.0 Å². The molecule has 7 nitrogen and oxygen atoms in total. The molecule has 2 aliphatic heterocycles. The summed E-state index contributed by atoms with van der Waals surface area (Å²) in [6, 6.07) is 0.798. The molecule has 3 heterocycles. The van der Waals surface area contributed by atoms with Crippen molar-refractivity contribution >= 4 is 17.5 Å². The van der Waals surface area contributed by atoms with Crippen molar-refractivity contribution in [3.63, 3.8) is 0 Å². The zero-order valence-corrected chi connectivity index (χ0v) is 14.4. The number of pyridine rings is 1. The first-order valence-electron chi connectivity index (χ1n) is 7.96. The van der Waals surface area contributed by atoms with Crippen LogP contribution in [0.1, 0.15) is 18.1 Å². The molecule has 0 spiro atoms. The Hall–Kier alpha value is -2.62.